The quantitative estimate of drug-likeness (QED) is 0.915. The Morgan fingerprint density at radius 1 is 1.38 bits per heavy atom. The number of anilines is 1. The zero-order valence-electron chi connectivity index (χ0n) is 11.9. The van der Waals surface area contributed by atoms with E-state index in [0.29, 0.717) is 29.9 Å². The average Bonchev–Trinajstić information content (AvgIpc) is 2.84. The van der Waals surface area contributed by atoms with E-state index in [1.807, 2.05) is 0 Å². The summed E-state index contributed by atoms with van der Waals surface area (Å²) in [5, 5.41) is 11.7. The Balaban J connectivity index is 1.47. The Bertz CT molecular complexity index is 555. The number of ether oxygens (including phenoxy) is 1. The number of nitriles is 1. The fraction of sp³-hybridized carbons (Fsp3) is 0.500. The van der Waals surface area contributed by atoms with Gasteiger partial charge in [-0.2, -0.15) is 5.26 Å². The van der Waals surface area contributed by atoms with Gasteiger partial charge >= 0.3 is 0 Å². The fourth-order valence-corrected chi connectivity index (χ4v) is 3.03. The third-order valence-corrected chi connectivity index (χ3v) is 4.05. The molecule has 110 valence electrons. The van der Waals surface area contributed by atoms with Crippen molar-refractivity contribution in [3.05, 3.63) is 29.8 Å². The number of likely N-dealkylation sites (tertiary alicyclic amines) is 1. The van der Waals surface area contributed by atoms with Crippen LogP contribution in [0.15, 0.2) is 24.3 Å². The Kier molecular flexibility index (Phi) is 4.18. The summed E-state index contributed by atoms with van der Waals surface area (Å²) in [6.45, 7) is 2.64. The van der Waals surface area contributed by atoms with Crippen LogP contribution in [0.5, 0.6) is 0 Å². The van der Waals surface area contributed by atoms with Crippen LogP contribution in [0.25, 0.3) is 0 Å². The predicted octanol–water partition coefficient (Wildman–Crippen LogP) is 1.75. The van der Waals surface area contributed by atoms with Crippen molar-refractivity contribution in [3.8, 4) is 6.07 Å². The summed E-state index contributed by atoms with van der Waals surface area (Å²) in [5.74, 6) is -0.0103. The highest BCUT2D eigenvalue weighted by molar-refractivity contribution is 5.90. The lowest BCUT2D eigenvalue weighted by Crippen LogP contribution is -2.43. The van der Waals surface area contributed by atoms with E-state index in [4.69, 9.17) is 10.00 Å². The molecule has 1 N–H and O–H groups in total. The number of hydrogen-bond donors (Lipinski definition) is 1. The van der Waals surface area contributed by atoms with Crippen molar-refractivity contribution in [1.29, 1.82) is 5.26 Å². The zero-order valence-corrected chi connectivity index (χ0v) is 11.9. The van der Waals surface area contributed by atoms with Gasteiger partial charge in [0.1, 0.15) is 0 Å². The summed E-state index contributed by atoms with van der Waals surface area (Å²) in [5.41, 5.74) is 1.23. The van der Waals surface area contributed by atoms with E-state index in [9.17, 15) is 4.79 Å². The van der Waals surface area contributed by atoms with Crippen LogP contribution < -0.4 is 5.32 Å². The Morgan fingerprint density at radius 2 is 2.14 bits per heavy atom. The van der Waals surface area contributed by atoms with Gasteiger partial charge in [-0.15, -0.1) is 0 Å². The third-order valence-electron chi connectivity index (χ3n) is 4.05. The minimum atomic E-state index is -0.0103. The first kappa shape index (κ1) is 14.1. The van der Waals surface area contributed by atoms with Crippen LogP contribution in [0, 0.1) is 11.3 Å². The van der Waals surface area contributed by atoms with E-state index in [1.165, 1.54) is 0 Å². The molecular formula is C16H19N3O2. The van der Waals surface area contributed by atoms with Crippen molar-refractivity contribution in [2.24, 2.45) is 0 Å². The molecule has 2 unspecified atom stereocenters. The number of benzene rings is 1. The first-order chi connectivity index (χ1) is 10.2. The second-order valence-electron chi connectivity index (χ2n) is 5.71. The molecule has 0 saturated carbocycles. The van der Waals surface area contributed by atoms with Crippen molar-refractivity contribution < 1.29 is 9.53 Å². The van der Waals surface area contributed by atoms with Gasteiger partial charge in [-0.05, 0) is 31.0 Å². The molecule has 1 aromatic carbocycles. The topological polar surface area (TPSA) is 65.4 Å². The van der Waals surface area contributed by atoms with Gasteiger partial charge in [-0.3, -0.25) is 9.69 Å². The summed E-state index contributed by atoms with van der Waals surface area (Å²) >= 11 is 0. The summed E-state index contributed by atoms with van der Waals surface area (Å²) < 4.78 is 5.78. The van der Waals surface area contributed by atoms with Crippen molar-refractivity contribution >= 4 is 11.6 Å². The molecule has 3 rings (SSSR count). The lowest BCUT2D eigenvalue weighted by molar-refractivity contribution is -0.117. The molecule has 2 atom stereocenters. The number of fused-ring (bicyclic) bond motifs is 2. The molecule has 2 saturated heterocycles. The molecule has 2 bridgehead atoms. The lowest BCUT2D eigenvalue weighted by Gasteiger charge is -2.31. The highest BCUT2D eigenvalue weighted by atomic mass is 16.5. The van der Waals surface area contributed by atoms with E-state index in [1.54, 1.807) is 24.3 Å². The molecule has 2 fully saturated rings. The molecule has 0 spiro atoms. The Labute approximate surface area is 124 Å². The van der Waals surface area contributed by atoms with Gasteiger partial charge in [0, 0.05) is 31.7 Å². The standard InChI is InChI=1S/C16H19N3O2/c17-9-12-2-1-3-13(8-12)18-16(20)6-7-19-10-14-4-5-15(11-19)21-14/h1-3,8,14-15H,4-7,10-11H2,(H,18,20). The van der Waals surface area contributed by atoms with Crippen molar-refractivity contribution in [3.63, 3.8) is 0 Å². The number of carbonyl (C=O) groups is 1. The Morgan fingerprint density at radius 3 is 2.86 bits per heavy atom. The van der Waals surface area contributed by atoms with E-state index in [2.05, 4.69) is 16.3 Å². The molecule has 2 aliphatic heterocycles. The number of nitrogens with one attached hydrogen (secondary N) is 1. The molecule has 2 aliphatic rings. The van der Waals surface area contributed by atoms with Crippen LogP contribution in [0.4, 0.5) is 5.69 Å². The maximum Gasteiger partial charge on any atom is 0.225 e. The van der Waals surface area contributed by atoms with Crippen molar-refractivity contribution in [2.45, 2.75) is 31.5 Å². The normalized spacial score (nSPS) is 24.5. The van der Waals surface area contributed by atoms with Gasteiger partial charge in [0.2, 0.25) is 5.91 Å². The van der Waals surface area contributed by atoms with Gasteiger partial charge in [0.15, 0.2) is 0 Å². The lowest BCUT2D eigenvalue weighted by atomic mass is 10.2. The molecule has 0 aliphatic carbocycles. The summed E-state index contributed by atoms with van der Waals surface area (Å²) in [6.07, 6.45) is 3.48. The average molecular weight is 285 g/mol. The number of hydrogen-bond acceptors (Lipinski definition) is 4. The molecule has 0 radical (unpaired) electrons. The minimum Gasteiger partial charge on any atom is -0.372 e. The zero-order chi connectivity index (χ0) is 14.7. The van der Waals surface area contributed by atoms with Gasteiger partial charge in [0.05, 0.1) is 23.8 Å². The molecule has 2 heterocycles. The van der Waals surface area contributed by atoms with Gasteiger partial charge in [-0.25, -0.2) is 0 Å². The smallest absolute Gasteiger partial charge is 0.225 e. The molecule has 1 amide bonds. The van der Waals surface area contributed by atoms with Gasteiger partial charge < -0.3 is 10.1 Å². The van der Waals surface area contributed by atoms with Crippen LogP contribution in [-0.4, -0.2) is 42.6 Å². The molecule has 0 aromatic heterocycles. The van der Waals surface area contributed by atoms with Gasteiger partial charge in [0.25, 0.3) is 0 Å². The first-order valence-corrected chi connectivity index (χ1v) is 7.41. The maximum atomic E-state index is 12.0. The highest BCUT2D eigenvalue weighted by Gasteiger charge is 2.33. The van der Waals surface area contributed by atoms with Crippen LogP contribution in [-0.2, 0) is 9.53 Å². The van der Waals surface area contributed by atoms with E-state index in [0.717, 1.165) is 32.5 Å². The largest absolute Gasteiger partial charge is 0.372 e. The van der Waals surface area contributed by atoms with E-state index >= 15 is 0 Å². The summed E-state index contributed by atoms with van der Waals surface area (Å²) in [7, 11) is 0. The maximum absolute atomic E-state index is 12.0. The van der Waals surface area contributed by atoms with Crippen LogP contribution in [0.3, 0.4) is 0 Å². The molecule has 5 heteroatoms. The molecule has 21 heavy (non-hydrogen) atoms. The number of nitrogens with zero attached hydrogens (tertiary/aromatic N) is 2. The summed E-state index contributed by atoms with van der Waals surface area (Å²) in [6, 6.07) is 9.05. The second kappa shape index (κ2) is 6.25. The van der Waals surface area contributed by atoms with E-state index < -0.39 is 0 Å². The Hall–Kier alpha value is -1.90. The molecular weight excluding hydrogens is 266 g/mol. The van der Waals surface area contributed by atoms with Crippen LogP contribution >= 0.6 is 0 Å². The second-order valence-corrected chi connectivity index (χ2v) is 5.71. The molecule has 1 aromatic rings. The monoisotopic (exact) mass is 285 g/mol. The van der Waals surface area contributed by atoms with Crippen LogP contribution in [0.2, 0.25) is 0 Å². The number of amides is 1. The number of morpholine rings is 1. The van der Waals surface area contributed by atoms with Crippen molar-refractivity contribution in [2.75, 3.05) is 25.0 Å². The van der Waals surface area contributed by atoms with Gasteiger partial charge in [-0.1, -0.05) is 6.07 Å². The number of rotatable bonds is 4. The highest BCUT2D eigenvalue weighted by Crippen LogP contribution is 2.26. The number of carbonyl (C=O) groups excluding carboxylic acids is 1. The summed E-state index contributed by atoms with van der Waals surface area (Å²) in [4.78, 5) is 14.3. The van der Waals surface area contributed by atoms with Crippen LogP contribution in [0.1, 0.15) is 24.8 Å². The predicted molar refractivity (Wildman–Crippen MR) is 78.7 cm³/mol. The third kappa shape index (κ3) is 3.60. The SMILES string of the molecule is N#Cc1cccc(NC(=O)CCN2CC3CCC(C2)O3)c1. The van der Waals surface area contributed by atoms with Crippen molar-refractivity contribution in [1.82, 2.24) is 4.90 Å². The molecule has 5 nitrogen and oxygen atoms in total. The fourth-order valence-electron chi connectivity index (χ4n) is 3.03. The minimum absolute atomic E-state index is 0.0103. The van der Waals surface area contributed by atoms with E-state index in [-0.39, 0.29) is 5.91 Å². The first-order valence-electron chi connectivity index (χ1n) is 7.41.